The van der Waals surface area contributed by atoms with Gasteiger partial charge in [-0.2, -0.15) is 0 Å². The number of benzene rings is 1. The zero-order valence-electron chi connectivity index (χ0n) is 11.0. The lowest BCUT2D eigenvalue weighted by atomic mass is 9.77. The minimum atomic E-state index is -0.148. The Bertz CT molecular complexity index is 398. The van der Waals surface area contributed by atoms with Crippen LogP contribution in [0.15, 0.2) is 30.3 Å². The summed E-state index contributed by atoms with van der Waals surface area (Å²) >= 11 is 0. The summed E-state index contributed by atoms with van der Waals surface area (Å²) in [4.78, 5) is 12.2. The molecule has 0 aromatic heterocycles. The molecule has 18 heavy (non-hydrogen) atoms. The van der Waals surface area contributed by atoms with Gasteiger partial charge in [-0.3, -0.25) is 4.79 Å². The molecule has 3 N–H and O–H groups in total. The van der Waals surface area contributed by atoms with Gasteiger partial charge in [-0.25, -0.2) is 0 Å². The Hall–Kier alpha value is -1.35. The number of nitrogens with two attached hydrogens (primary N) is 1. The molecule has 1 aliphatic rings. The minimum Gasteiger partial charge on any atom is -0.354 e. The summed E-state index contributed by atoms with van der Waals surface area (Å²) in [5.74, 6) is 0.0373. The van der Waals surface area contributed by atoms with E-state index in [4.69, 9.17) is 5.73 Å². The summed E-state index contributed by atoms with van der Waals surface area (Å²) < 4.78 is 0. The molecule has 2 rings (SSSR count). The molecule has 0 bridgehead atoms. The Morgan fingerprint density at radius 2 is 2.06 bits per heavy atom. The lowest BCUT2D eigenvalue weighted by molar-refractivity contribution is -0.123. The summed E-state index contributed by atoms with van der Waals surface area (Å²) in [5.41, 5.74) is 7.05. The van der Waals surface area contributed by atoms with E-state index in [-0.39, 0.29) is 17.4 Å². The third-order valence-electron chi connectivity index (χ3n) is 3.89. The maximum Gasteiger partial charge on any atom is 0.227 e. The number of amides is 1. The average molecular weight is 246 g/mol. The van der Waals surface area contributed by atoms with E-state index in [1.165, 1.54) is 6.42 Å². The summed E-state index contributed by atoms with van der Waals surface area (Å²) in [5, 5.41) is 3.01. The second-order valence-corrected chi connectivity index (χ2v) is 5.31. The maximum absolute atomic E-state index is 12.2. The monoisotopic (exact) mass is 246 g/mol. The van der Waals surface area contributed by atoms with Gasteiger partial charge in [0.15, 0.2) is 0 Å². The molecule has 3 nitrogen and oxygen atoms in total. The molecule has 0 saturated heterocycles. The van der Waals surface area contributed by atoms with Crippen molar-refractivity contribution in [3.8, 4) is 0 Å². The second-order valence-electron chi connectivity index (χ2n) is 5.31. The van der Waals surface area contributed by atoms with E-state index in [1.54, 1.807) is 0 Å². The topological polar surface area (TPSA) is 55.1 Å². The quantitative estimate of drug-likeness (QED) is 0.836. The van der Waals surface area contributed by atoms with E-state index in [9.17, 15) is 4.79 Å². The van der Waals surface area contributed by atoms with E-state index in [1.807, 2.05) is 37.3 Å². The van der Waals surface area contributed by atoms with Gasteiger partial charge in [-0.15, -0.1) is 0 Å². The van der Waals surface area contributed by atoms with Crippen LogP contribution in [0.25, 0.3) is 0 Å². The molecule has 0 aliphatic heterocycles. The summed E-state index contributed by atoms with van der Waals surface area (Å²) in [6.45, 7) is 2.65. The van der Waals surface area contributed by atoms with Crippen molar-refractivity contribution in [3.05, 3.63) is 35.9 Å². The van der Waals surface area contributed by atoms with Crippen molar-refractivity contribution in [1.82, 2.24) is 5.32 Å². The number of nitrogens with one attached hydrogen (secondary N) is 1. The Kier molecular flexibility index (Phi) is 4.02. The van der Waals surface area contributed by atoms with E-state index in [2.05, 4.69) is 5.32 Å². The third kappa shape index (κ3) is 2.91. The normalized spacial score (nSPS) is 18.8. The molecule has 3 heteroatoms. The van der Waals surface area contributed by atoms with Crippen LogP contribution in [0.1, 0.15) is 44.1 Å². The molecular weight excluding hydrogens is 224 g/mol. The molecule has 1 unspecified atom stereocenters. The lowest BCUT2D eigenvalue weighted by Crippen LogP contribution is -2.55. The van der Waals surface area contributed by atoms with Crippen molar-refractivity contribution in [2.24, 2.45) is 5.73 Å². The molecule has 1 aromatic carbocycles. The van der Waals surface area contributed by atoms with Crippen molar-refractivity contribution in [3.63, 3.8) is 0 Å². The van der Waals surface area contributed by atoms with E-state index >= 15 is 0 Å². The van der Waals surface area contributed by atoms with Crippen molar-refractivity contribution >= 4 is 5.91 Å². The molecule has 0 radical (unpaired) electrons. The first-order valence-corrected chi connectivity index (χ1v) is 6.76. The molecule has 1 amide bonds. The SMILES string of the molecule is CCC(C(=O)NCC1(N)CCC1)c1ccccc1. The largest absolute Gasteiger partial charge is 0.354 e. The van der Waals surface area contributed by atoms with E-state index in [0.717, 1.165) is 24.8 Å². The van der Waals surface area contributed by atoms with Crippen molar-refractivity contribution in [2.45, 2.75) is 44.1 Å². The molecule has 1 atom stereocenters. The van der Waals surface area contributed by atoms with Crippen LogP contribution in [0.5, 0.6) is 0 Å². The standard InChI is InChI=1S/C15H22N2O/c1-2-13(12-7-4-3-5-8-12)14(18)17-11-15(16)9-6-10-15/h3-5,7-8,13H,2,6,9-11,16H2,1H3,(H,17,18). The summed E-state index contributed by atoms with van der Waals surface area (Å²) in [6, 6.07) is 9.94. The van der Waals surface area contributed by atoms with E-state index in [0.29, 0.717) is 6.54 Å². The molecular formula is C15H22N2O. The maximum atomic E-state index is 12.2. The van der Waals surface area contributed by atoms with Gasteiger partial charge in [0.2, 0.25) is 5.91 Å². The average Bonchev–Trinajstić information content (AvgIpc) is 2.36. The molecule has 1 aliphatic carbocycles. The van der Waals surface area contributed by atoms with Gasteiger partial charge in [0, 0.05) is 12.1 Å². The van der Waals surface area contributed by atoms with Gasteiger partial charge in [0.1, 0.15) is 0 Å². The molecule has 0 heterocycles. The predicted octanol–water partition coefficient (Wildman–Crippen LogP) is 2.18. The first kappa shape index (κ1) is 13.1. The Morgan fingerprint density at radius 1 is 1.39 bits per heavy atom. The highest BCUT2D eigenvalue weighted by Gasteiger charge is 2.33. The van der Waals surface area contributed by atoms with Gasteiger partial charge < -0.3 is 11.1 Å². The minimum absolute atomic E-state index is 0.0603. The molecule has 0 spiro atoms. The highest BCUT2D eigenvalue weighted by molar-refractivity contribution is 5.83. The van der Waals surface area contributed by atoms with Crippen LogP contribution in [-0.2, 0) is 4.79 Å². The smallest absolute Gasteiger partial charge is 0.227 e. The van der Waals surface area contributed by atoms with Crippen molar-refractivity contribution < 1.29 is 4.79 Å². The number of carbonyl (C=O) groups excluding carboxylic acids is 1. The number of rotatable bonds is 5. The molecule has 1 fully saturated rings. The van der Waals surface area contributed by atoms with Crippen LogP contribution in [0.2, 0.25) is 0 Å². The highest BCUT2D eigenvalue weighted by Crippen LogP contribution is 2.28. The van der Waals surface area contributed by atoms with Crippen LogP contribution in [0.4, 0.5) is 0 Å². The highest BCUT2D eigenvalue weighted by atomic mass is 16.1. The van der Waals surface area contributed by atoms with Gasteiger partial charge in [-0.05, 0) is 31.2 Å². The zero-order valence-corrected chi connectivity index (χ0v) is 11.0. The fourth-order valence-corrected chi connectivity index (χ4v) is 2.45. The van der Waals surface area contributed by atoms with Crippen LogP contribution >= 0.6 is 0 Å². The fourth-order valence-electron chi connectivity index (χ4n) is 2.45. The molecule has 98 valence electrons. The fraction of sp³-hybridized carbons (Fsp3) is 0.533. The van der Waals surface area contributed by atoms with Crippen LogP contribution in [0, 0.1) is 0 Å². The lowest BCUT2D eigenvalue weighted by Gasteiger charge is -2.38. The van der Waals surface area contributed by atoms with Crippen LogP contribution < -0.4 is 11.1 Å². The Balaban J connectivity index is 1.94. The second kappa shape index (κ2) is 5.53. The molecule has 1 saturated carbocycles. The van der Waals surface area contributed by atoms with Gasteiger partial charge in [0.25, 0.3) is 0 Å². The summed E-state index contributed by atoms with van der Waals surface area (Å²) in [6.07, 6.45) is 4.04. The van der Waals surface area contributed by atoms with Crippen LogP contribution in [-0.4, -0.2) is 18.0 Å². The summed E-state index contributed by atoms with van der Waals surface area (Å²) in [7, 11) is 0. The number of hydrogen-bond acceptors (Lipinski definition) is 2. The third-order valence-corrected chi connectivity index (χ3v) is 3.89. The van der Waals surface area contributed by atoms with Crippen LogP contribution in [0.3, 0.4) is 0 Å². The van der Waals surface area contributed by atoms with Crippen molar-refractivity contribution in [1.29, 1.82) is 0 Å². The Labute approximate surface area is 109 Å². The van der Waals surface area contributed by atoms with Gasteiger partial charge in [0.05, 0.1) is 5.92 Å². The Morgan fingerprint density at radius 3 is 2.56 bits per heavy atom. The van der Waals surface area contributed by atoms with Crippen molar-refractivity contribution in [2.75, 3.05) is 6.54 Å². The van der Waals surface area contributed by atoms with Gasteiger partial charge in [-0.1, -0.05) is 37.3 Å². The van der Waals surface area contributed by atoms with Gasteiger partial charge >= 0.3 is 0 Å². The molecule has 1 aromatic rings. The first-order chi connectivity index (χ1) is 8.64. The zero-order chi connectivity index (χ0) is 13.0. The first-order valence-electron chi connectivity index (χ1n) is 6.76. The van der Waals surface area contributed by atoms with E-state index < -0.39 is 0 Å². The predicted molar refractivity (Wildman–Crippen MR) is 73.3 cm³/mol. The number of hydrogen-bond donors (Lipinski definition) is 2. The number of carbonyl (C=O) groups is 1.